The fourth-order valence-electron chi connectivity index (χ4n) is 4.11. The summed E-state index contributed by atoms with van der Waals surface area (Å²) in [7, 11) is 0. The molecule has 0 atom stereocenters. The second kappa shape index (κ2) is 9.65. The lowest BCUT2D eigenvalue weighted by Gasteiger charge is -2.36. The molecule has 1 aromatic heterocycles. The summed E-state index contributed by atoms with van der Waals surface area (Å²) in [6.07, 6.45) is 1.43. The molecule has 2 heterocycles. The number of nitrogens with zero attached hydrogens (tertiary/aromatic N) is 4. The number of anilines is 1. The summed E-state index contributed by atoms with van der Waals surface area (Å²) in [6, 6.07) is 13.7. The molecule has 1 aliphatic rings. The third-order valence-electron chi connectivity index (χ3n) is 5.78. The first-order chi connectivity index (χ1) is 15.5. The molecule has 3 aromatic rings. The van der Waals surface area contributed by atoms with Crippen LogP contribution < -0.4 is 4.90 Å². The van der Waals surface area contributed by atoms with Crippen LogP contribution in [0.1, 0.15) is 39.9 Å². The van der Waals surface area contributed by atoms with E-state index in [1.807, 2.05) is 24.0 Å². The van der Waals surface area contributed by atoms with Crippen molar-refractivity contribution in [1.29, 1.82) is 0 Å². The van der Waals surface area contributed by atoms with Gasteiger partial charge in [0.05, 0.1) is 10.6 Å². The van der Waals surface area contributed by atoms with Gasteiger partial charge < -0.3 is 9.80 Å². The monoisotopic (exact) mass is 452 g/mol. The summed E-state index contributed by atoms with van der Waals surface area (Å²) in [6.45, 7) is 6.51. The highest BCUT2D eigenvalue weighted by Crippen LogP contribution is 2.27. The molecule has 166 valence electrons. The molecule has 0 unspecified atom stereocenters. The van der Waals surface area contributed by atoms with Crippen molar-refractivity contribution in [2.45, 2.75) is 26.7 Å². The average molecular weight is 453 g/mol. The van der Waals surface area contributed by atoms with Gasteiger partial charge in [0.1, 0.15) is 17.5 Å². The second-order valence-corrected chi connectivity index (χ2v) is 8.34. The molecular weight excluding hydrogens is 427 g/mol. The Morgan fingerprint density at radius 3 is 2.38 bits per heavy atom. The average Bonchev–Trinajstić information content (AvgIpc) is 2.81. The maximum atomic E-state index is 13.4. The number of carbonyl (C=O) groups is 1. The van der Waals surface area contributed by atoms with Crippen molar-refractivity contribution in [2.24, 2.45) is 0 Å². The topological polar surface area (TPSA) is 49.3 Å². The first-order valence-electron chi connectivity index (χ1n) is 10.9. The molecule has 7 heteroatoms. The highest BCUT2D eigenvalue weighted by Gasteiger charge is 2.26. The fraction of sp³-hybridized carbons (Fsp3) is 0.320. The van der Waals surface area contributed by atoms with Crippen LogP contribution in [0.4, 0.5) is 10.2 Å². The van der Waals surface area contributed by atoms with E-state index >= 15 is 0 Å². The van der Waals surface area contributed by atoms with Crippen LogP contribution in [0.15, 0.2) is 48.5 Å². The lowest BCUT2D eigenvalue weighted by atomic mass is 10.0. The van der Waals surface area contributed by atoms with Crippen LogP contribution >= 0.6 is 11.6 Å². The highest BCUT2D eigenvalue weighted by molar-refractivity contribution is 6.33. The third kappa shape index (κ3) is 4.75. The molecule has 1 aliphatic heterocycles. The van der Waals surface area contributed by atoms with E-state index in [-0.39, 0.29) is 11.7 Å². The zero-order valence-corrected chi connectivity index (χ0v) is 19.1. The largest absolute Gasteiger partial charge is 0.353 e. The minimum absolute atomic E-state index is 0.0464. The van der Waals surface area contributed by atoms with Crippen molar-refractivity contribution in [3.05, 3.63) is 87.6 Å². The lowest BCUT2D eigenvalue weighted by molar-refractivity contribution is 0.0746. The Balaban J connectivity index is 1.56. The van der Waals surface area contributed by atoms with Crippen molar-refractivity contribution in [2.75, 3.05) is 31.1 Å². The minimum Gasteiger partial charge on any atom is -0.353 e. The molecule has 4 rings (SSSR count). The van der Waals surface area contributed by atoms with Crippen molar-refractivity contribution >= 4 is 23.3 Å². The molecule has 1 fully saturated rings. The Morgan fingerprint density at radius 1 is 1.03 bits per heavy atom. The standard InChI is InChI=1S/C25H26ClFN4O/c1-3-23-21(16-18-8-10-19(27)11-9-18)24(29-17(2)28-23)30-12-14-31(15-13-30)25(32)20-6-4-5-7-22(20)26/h4-11H,3,12-16H2,1-2H3. The van der Waals surface area contributed by atoms with Crippen molar-refractivity contribution in [3.8, 4) is 0 Å². The molecule has 1 amide bonds. The molecule has 0 saturated carbocycles. The summed E-state index contributed by atoms with van der Waals surface area (Å²) in [5, 5.41) is 0.473. The van der Waals surface area contributed by atoms with E-state index < -0.39 is 0 Å². The van der Waals surface area contributed by atoms with Crippen LogP contribution in [0, 0.1) is 12.7 Å². The Labute approximate surface area is 192 Å². The lowest BCUT2D eigenvalue weighted by Crippen LogP contribution is -2.49. The Hall–Kier alpha value is -2.99. The van der Waals surface area contributed by atoms with Gasteiger partial charge in [-0.2, -0.15) is 0 Å². The number of piperazine rings is 1. The SMILES string of the molecule is CCc1nc(C)nc(N2CCN(C(=O)c3ccccc3Cl)CC2)c1Cc1ccc(F)cc1. The van der Waals surface area contributed by atoms with E-state index in [9.17, 15) is 9.18 Å². The number of hydrogen-bond donors (Lipinski definition) is 0. The van der Waals surface area contributed by atoms with E-state index in [0.29, 0.717) is 43.2 Å². The number of hydrogen-bond acceptors (Lipinski definition) is 4. The fourth-order valence-corrected chi connectivity index (χ4v) is 4.32. The number of halogens is 2. The molecule has 5 nitrogen and oxygen atoms in total. The summed E-state index contributed by atoms with van der Waals surface area (Å²) in [5.74, 6) is 1.34. The van der Waals surface area contributed by atoms with Crippen LogP contribution in [0.3, 0.4) is 0 Å². The maximum absolute atomic E-state index is 13.4. The molecular formula is C25H26ClFN4O. The van der Waals surface area contributed by atoms with Gasteiger partial charge >= 0.3 is 0 Å². The number of amides is 1. The van der Waals surface area contributed by atoms with Crippen LogP contribution in [0.2, 0.25) is 5.02 Å². The van der Waals surface area contributed by atoms with Gasteiger partial charge in [0.15, 0.2) is 0 Å². The first kappa shape index (κ1) is 22.2. The van der Waals surface area contributed by atoms with Crippen molar-refractivity contribution in [1.82, 2.24) is 14.9 Å². The summed E-state index contributed by atoms with van der Waals surface area (Å²) in [4.78, 5) is 26.4. The molecule has 0 N–H and O–H groups in total. The Morgan fingerprint density at radius 2 is 1.72 bits per heavy atom. The van der Waals surface area contributed by atoms with Crippen molar-refractivity contribution < 1.29 is 9.18 Å². The van der Waals surface area contributed by atoms with Crippen LogP contribution in [0.5, 0.6) is 0 Å². The molecule has 1 saturated heterocycles. The van der Waals surface area contributed by atoms with Gasteiger partial charge in [-0.1, -0.05) is 42.8 Å². The number of aryl methyl sites for hydroxylation is 2. The van der Waals surface area contributed by atoms with Gasteiger partial charge in [-0.15, -0.1) is 0 Å². The molecule has 2 aromatic carbocycles. The van der Waals surface area contributed by atoms with Crippen LogP contribution in [-0.2, 0) is 12.8 Å². The predicted molar refractivity (Wildman–Crippen MR) is 125 cm³/mol. The second-order valence-electron chi connectivity index (χ2n) is 7.94. The molecule has 0 bridgehead atoms. The minimum atomic E-state index is -0.246. The zero-order valence-electron chi connectivity index (χ0n) is 18.3. The number of aromatic nitrogens is 2. The van der Waals surface area contributed by atoms with E-state index in [1.54, 1.807) is 24.3 Å². The van der Waals surface area contributed by atoms with Gasteiger partial charge in [0.2, 0.25) is 0 Å². The van der Waals surface area contributed by atoms with Gasteiger partial charge in [-0.25, -0.2) is 14.4 Å². The van der Waals surface area contributed by atoms with Gasteiger partial charge in [0, 0.05) is 43.9 Å². The number of rotatable bonds is 5. The van der Waals surface area contributed by atoms with Gasteiger partial charge in [-0.05, 0) is 43.2 Å². The Bertz CT molecular complexity index is 1110. The number of carbonyl (C=O) groups excluding carboxylic acids is 1. The molecule has 0 radical (unpaired) electrons. The zero-order chi connectivity index (χ0) is 22.7. The molecule has 32 heavy (non-hydrogen) atoms. The Kier molecular flexibility index (Phi) is 6.70. The molecule has 0 spiro atoms. The quantitative estimate of drug-likeness (QED) is 0.563. The van der Waals surface area contributed by atoms with Gasteiger partial charge in [-0.3, -0.25) is 4.79 Å². The smallest absolute Gasteiger partial charge is 0.255 e. The summed E-state index contributed by atoms with van der Waals surface area (Å²) >= 11 is 6.22. The predicted octanol–water partition coefficient (Wildman–Crippen LogP) is 4.69. The first-order valence-corrected chi connectivity index (χ1v) is 11.2. The maximum Gasteiger partial charge on any atom is 0.255 e. The van der Waals surface area contributed by atoms with E-state index in [4.69, 9.17) is 16.6 Å². The third-order valence-corrected chi connectivity index (χ3v) is 6.11. The van der Waals surface area contributed by atoms with Gasteiger partial charge in [0.25, 0.3) is 5.91 Å². The highest BCUT2D eigenvalue weighted by atomic mass is 35.5. The van der Waals surface area contributed by atoms with E-state index in [1.165, 1.54) is 12.1 Å². The van der Waals surface area contributed by atoms with E-state index in [2.05, 4.69) is 16.8 Å². The summed E-state index contributed by atoms with van der Waals surface area (Å²) < 4.78 is 13.4. The van der Waals surface area contributed by atoms with E-state index in [0.717, 1.165) is 34.9 Å². The number of benzene rings is 2. The molecule has 0 aliphatic carbocycles. The summed E-state index contributed by atoms with van der Waals surface area (Å²) in [5.41, 5.74) is 3.62. The van der Waals surface area contributed by atoms with Crippen LogP contribution in [-0.4, -0.2) is 47.0 Å². The normalized spacial score (nSPS) is 14.0. The van der Waals surface area contributed by atoms with Crippen LogP contribution in [0.25, 0.3) is 0 Å². The van der Waals surface area contributed by atoms with Crippen molar-refractivity contribution in [3.63, 3.8) is 0 Å².